The second kappa shape index (κ2) is 37.8. The van der Waals surface area contributed by atoms with E-state index in [1.807, 2.05) is 12.2 Å². The summed E-state index contributed by atoms with van der Waals surface area (Å²) in [5.41, 5.74) is 0. The van der Waals surface area contributed by atoms with Crippen LogP contribution < -0.4 is 5.32 Å². The molecule has 12 atom stereocenters. The van der Waals surface area contributed by atoms with Crippen LogP contribution in [0.5, 0.6) is 0 Å². The zero-order chi connectivity index (χ0) is 48.2. The Morgan fingerprint density at radius 2 is 1.05 bits per heavy atom. The van der Waals surface area contributed by atoms with E-state index >= 15 is 0 Å². The summed E-state index contributed by atoms with van der Waals surface area (Å²) in [6, 6.07) is -0.949. The van der Waals surface area contributed by atoms with Crippen molar-refractivity contribution in [3.05, 3.63) is 97.2 Å². The van der Waals surface area contributed by atoms with Gasteiger partial charge in [0.25, 0.3) is 0 Å². The van der Waals surface area contributed by atoms with E-state index in [-0.39, 0.29) is 18.9 Å². The average Bonchev–Trinajstić information content (AvgIpc) is 3.31. The molecule has 2 rings (SSSR count). The number of carbonyl (C=O) groups excluding carboxylic acids is 1. The number of amides is 1. The first-order valence-electron chi connectivity index (χ1n) is 24.5. The van der Waals surface area contributed by atoms with Gasteiger partial charge in [0.15, 0.2) is 12.6 Å². The highest BCUT2D eigenvalue weighted by molar-refractivity contribution is 5.76. The number of allylic oxidation sites excluding steroid dienone is 15. The maximum absolute atomic E-state index is 13.1. The Kier molecular flexibility index (Phi) is 33.8. The fourth-order valence-electron chi connectivity index (χ4n) is 7.28. The molecule has 376 valence electrons. The van der Waals surface area contributed by atoms with Gasteiger partial charge >= 0.3 is 0 Å². The Hall–Kier alpha value is -3.09. The van der Waals surface area contributed by atoms with Gasteiger partial charge in [-0.05, 0) is 70.6 Å². The summed E-state index contributed by atoms with van der Waals surface area (Å²) >= 11 is 0. The number of ether oxygens (including phenoxy) is 4. The van der Waals surface area contributed by atoms with Crippen LogP contribution in [0.1, 0.15) is 129 Å². The van der Waals surface area contributed by atoms with Crippen molar-refractivity contribution in [3.8, 4) is 0 Å². The first kappa shape index (κ1) is 59.0. The van der Waals surface area contributed by atoms with Crippen LogP contribution in [-0.2, 0) is 23.7 Å². The molecule has 1 amide bonds. The molecule has 2 heterocycles. The van der Waals surface area contributed by atoms with Crippen LogP contribution >= 0.6 is 0 Å². The van der Waals surface area contributed by atoms with E-state index in [0.29, 0.717) is 12.8 Å². The molecule has 14 nitrogen and oxygen atoms in total. The monoisotopic (exact) mass is 932 g/mol. The van der Waals surface area contributed by atoms with E-state index in [1.54, 1.807) is 6.08 Å². The van der Waals surface area contributed by atoms with E-state index in [9.17, 15) is 45.6 Å². The molecule has 0 aromatic rings. The third-order valence-electron chi connectivity index (χ3n) is 11.3. The van der Waals surface area contributed by atoms with Gasteiger partial charge in [-0.25, -0.2) is 0 Å². The van der Waals surface area contributed by atoms with E-state index in [2.05, 4.69) is 98.2 Å². The minimum absolute atomic E-state index is 0.194. The summed E-state index contributed by atoms with van der Waals surface area (Å²) in [5, 5.41) is 86.4. The minimum Gasteiger partial charge on any atom is -0.394 e. The molecule has 0 aliphatic carbocycles. The molecule has 0 aromatic carbocycles. The van der Waals surface area contributed by atoms with Crippen molar-refractivity contribution < 1.29 is 64.6 Å². The fourth-order valence-corrected chi connectivity index (χ4v) is 7.28. The van der Waals surface area contributed by atoms with Crippen molar-refractivity contribution in [1.82, 2.24) is 5.32 Å². The molecule has 2 fully saturated rings. The van der Waals surface area contributed by atoms with Crippen molar-refractivity contribution in [2.24, 2.45) is 0 Å². The van der Waals surface area contributed by atoms with Gasteiger partial charge in [0.2, 0.25) is 5.91 Å². The third-order valence-corrected chi connectivity index (χ3v) is 11.3. The average molecular weight is 932 g/mol. The highest BCUT2D eigenvalue weighted by atomic mass is 16.7. The summed E-state index contributed by atoms with van der Waals surface area (Å²) in [4.78, 5) is 13.1. The summed E-state index contributed by atoms with van der Waals surface area (Å²) in [6.07, 6.45) is 33.3. The molecule has 2 aliphatic rings. The molecule has 66 heavy (non-hydrogen) atoms. The quantitative estimate of drug-likeness (QED) is 0.0264. The van der Waals surface area contributed by atoms with E-state index in [0.717, 1.165) is 70.6 Å². The summed E-state index contributed by atoms with van der Waals surface area (Å²) in [5.74, 6) is -0.306. The molecule has 0 bridgehead atoms. The van der Waals surface area contributed by atoms with E-state index in [4.69, 9.17) is 18.9 Å². The van der Waals surface area contributed by atoms with Crippen LogP contribution in [0.4, 0.5) is 0 Å². The zero-order valence-corrected chi connectivity index (χ0v) is 39.6. The van der Waals surface area contributed by atoms with Gasteiger partial charge in [-0.2, -0.15) is 0 Å². The Morgan fingerprint density at radius 1 is 0.561 bits per heavy atom. The number of hydrogen-bond acceptors (Lipinski definition) is 13. The van der Waals surface area contributed by atoms with Crippen LogP contribution in [0.2, 0.25) is 0 Å². The molecule has 9 N–H and O–H groups in total. The summed E-state index contributed by atoms with van der Waals surface area (Å²) in [6.45, 7) is 2.56. The second-order valence-electron chi connectivity index (χ2n) is 16.9. The number of hydrogen-bond donors (Lipinski definition) is 9. The highest BCUT2D eigenvalue weighted by Crippen LogP contribution is 2.30. The lowest BCUT2D eigenvalue weighted by Crippen LogP contribution is -2.65. The molecule has 2 aliphatic heterocycles. The zero-order valence-electron chi connectivity index (χ0n) is 39.6. The van der Waals surface area contributed by atoms with Crippen molar-refractivity contribution in [3.63, 3.8) is 0 Å². The summed E-state index contributed by atoms with van der Waals surface area (Å²) < 4.78 is 22.6. The highest BCUT2D eigenvalue weighted by Gasteiger charge is 2.51. The topological polar surface area (TPSA) is 228 Å². The smallest absolute Gasteiger partial charge is 0.220 e. The molecule has 0 radical (unpaired) electrons. The Bertz CT molecular complexity index is 1470. The molecule has 0 spiro atoms. The van der Waals surface area contributed by atoms with Crippen LogP contribution in [0.25, 0.3) is 0 Å². The SMILES string of the molecule is CC/C=C\C/C=C\C/C=C\C/C=C\C/C=C\C/C=C\C/C=C\CCCC(=O)NC(COC1OC(CO)C(OC2OC(CO)C(O)C(O)C2O)C(O)C1O)C(O)/C=C/CCCCCCCCC. The first-order chi connectivity index (χ1) is 32.1. The van der Waals surface area contributed by atoms with Gasteiger partial charge in [0.1, 0.15) is 48.8 Å². The maximum Gasteiger partial charge on any atom is 0.220 e. The van der Waals surface area contributed by atoms with Crippen molar-refractivity contribution in [2.45, 2.75) is 203 Å². The molecule has 0 aromatic heterocycles. The van der Waals surface area contributed by atoms with Crippen molar-refractivity contribution >= 4 is 5.91 Å². The third kappa shape index (κ3) is 24.8. The number of unbranched alkanes of at least 4 members (excludes halogenated alkanes) is 8. The number of rotatable bonds is 35. The molecular formula is C52H85NO13. The number of carbonyl (C=O) groups is 1. The van der Waals surface area contributed by atoms with Gasteiger partial charge in [-0.1, -0.05) is 150 Å². The van der Waals surface area contributed by atoms with Gasteiger partial charge in [-0.3, -0.25) is 4.79 Å². The number of aliphatic hydroxyl groups is 8. The van der Waals surface area contributed by atoms with Crippen molar-refractivity contribution in [1.29, 1.82) is 0 Å². The second-order valence-corrected chi connectivity index (χ2v) is 16.9. The van der Waals surface area contributed by atoms with Gasteiger partial charge in [0, 0.05) is 6.42 Å². The molecule has 2 saturated heterocycles. The fraction of sp³-hybridized carbons (Fsp3) is 0.673. The Labute approximate surface area is 394 Å². The Balaban J connectivity index is 1.84. The number of nitrogens with one attached hydrogen (secondary N) is 1. The van der Waals surface area contributed by atoms with E-state index in [1.165, 1.54) is 25.7 Å². The van der Waals surface area contributed by atoms with Gasteiger partial charge < -0.3 is 65.1 Å². The lowest BCUT2D eigenvalue weighted by molar-refractivity contribution is -0.359. The molecule has 0 saturated carbocycles. The Morgan fingerprint density at radius 3 is 1.59 bits per heavy atom. The first-order valence-corrected chi connectivity index (χ1v) is 24.5. The molecule has 12 unspecified atom stereocenters. The van der Waals surface area contributed by atoms with Crippen LogP contribution in [0.15, 0.2) is 97.2 Å². The van der Waals surface area contributed by atoms with Gasteiger partial charge in [-0.15, -0.1) is 0 Å². The number of aliphatic hydroxyl groups excluding tert-OH is 8. The lowest BCUT2D eigenvalue weighted by Gasteiger charge is -2.46. The van der Waals surface area contributed by atoms with Crippen LogP contribution in [-0.4, -0.2) is 140 Å². The molecule has 14 heteroatoms. The minimum atomic E-state index is -1.80. The van der Waals surface area contributed by atoms with Crippen LogP contribution in [0.3, 0.4) is 0 Å². The van der Waals surface area contributed by atoms with E-state index < -0.39 is 86.8 Å². The summed E-state index contributed by atoms with van der Waals surface area (Å²) in [7, 11) is 0. The normalized spacial score (nSPS) is 27.7. The molecular weight excluding hydrogens is 847 g/mol. The van der Waals surface area contributed by atoms with Crippen molar-refractivity contribution in [2.75, 3.05) is 19.8 Å². The standard InChI is InChI=1S/C52H85NO13/c1-3-5-7-9-11-13-14-15-16-17-18-19-20-21-22-23-24-25-26-28-30-32-34-36-44(57)53-40(41(56)35-33-31-29-27-12-10-8-6-4-2)39-63-51-49(62)47(60)50(43(38-55)65-51)66-52-48(61)46(59)45(58)42(37-54)64-52/h5,7,11,13,15-16,18-19,21-22,24-25,28,30,33,35,40-43,45-52,54-56,58-62H,3-4,6,8-10,12,14,17,20,23,26-27,29,31-32,34,36-39H2,1-2H3,(H,53,57)/b7-5-,13-11-,16-15-,19-18-,22-21-,25-24-,30-28-,35-33+. The lowest BCUT2D eigenvalue weighted by atomic mass is 9.97. The van der Waals surface area contributed by atoms with Crippen LogP contribution in [0, 0.1) is 0 Å². The maximum atomic E-state index is 13.1. The largest absolute Gasteiger partial charge is 0.394 e. The predicted octanol–water partition coefficient (Wildman–Crippen LogP) is 5.98. The van der Waals surface area contributed by atoms with Gasteiger partial charge in [0.05, 0.1) is 32.0 Å². The predicted molar refractivity (Wildman–Crippen MR) is 258 cm³/mol.